The van der Waals surface area contributed by atoms with Gasteiger partial charge in [0.2, 0.25) is 0 Å². The van der Waals surface area contributed by atoms with Crippen LogP contribution < -0.4 is 10.6 Å². The molecule has 0 unspecified atom stereocenters. The lowest BCUT2D eigenvalue weighted by Gasteiger charge is -2.14. The largest absolute Gasteiger partial charge is 0.352 e. The minimum absolute atomic E-state index is 0. The molecule has 2 N–H and O–H groups in total. The summed E-state index contributed by atoms with van der Waals surface area (Å²) in [6.45, 7) is 5.72. The Kier molecular flexibility index (Phi) is 8.22. The van der Waals surface area contributed by atoms with Gasteiger partial charge in [0.15, 0.2) is 5.96 Å². The van der Waals surface area contributed by atoms with Crippen LogP contribution in [0.5, 0.6) is 0 Å². The molecule has 0 atom stereocenters. The summed E-state index contributed by atoms with van der Waals surface area (Å²) in [7, 11) is 3.81. The predicted molar refractivity (Wildman–Crippen MR) is 126 cm³/mol. The topological polar surface area (TPSA) is 67.1 Å². The summed E-state index contributed by atoms with van der Waals surface area (Å²) in [6, 6.07) is 10.2. The second kappa shape index (κ2) is 10.4. The normalized spacial score (nSPS) is 11.4. The van der Waals surface area contributed by atoms with Crippen LogP contribution in [-0.4, -0.2) is 27.8 Å². The van der Waals surface area contributed by atoms with E-state index in [-0.39, 0.29) is 24.0 Å². The minimum Gasteiger partial charge on any atom is -0.352 e. The van der Waals surface area contributed by atoms with E-state index in [1.807, 2.05) is 42.2 Å². The second-order valence-corrected chi connectivity index (χ2v) is 6.47. The number of hydrogen-bond acceptors (Lipinski definition) is 3. The molecule has 0 radical (unpaired) electrons. The van der Waals surface area contributed by atoms with Crippen molar-refractivity contribution in [2.45, 2.75) is 39.8 Å². The van der Waals surface area contributed by atoms with Gasteiger partial charge in [-0.15, -0.1) is 24.0 Å². The van der Waals surface area contributed by atoms with Crippen molar-refractivity contribution in [1.82, 2.24) is 25.4 Å². The molecule has 28 heavy (non-hydrogen) atoms. The van der Waals surface area contributed by atoms with Crippen molar-refractivity contribution < 1.29 is 0 Å². The molecule has 1 aromatic carbocycles. The molecule has 7 heteroatoms. The van der Waals surface area contributed by atoms with Crippen molar-refractivity contribution in [3.8, 4) is 0 Å². The highest BCUT2D eigenvalue weighted by Crippen LogP contribution is 2.16. The van der Waals surface area contributed by atoms with Gasteiger partial charge in [-0.1, -0.05) is 32.0 Å². The third-order valence-electron chi connectivity index (χ3n) is 4.87. The van der Waals surface area contributed by atoms with Gasteiger partial charge in [-0.3, -0.25) is 14.7 Å². The fourth-order valence-electron chi connectivity index (χ4n) is 3.47. The van der Waals surface area contributed by atoms with Crippen LogP contribution in [0.3, 0.4) is 0 Å². The summed E-state index contributed by atoms with van der Waals surface area (Å²) < 4.78 is 2.00. The molecule has 3 aromatic rings. The van der Waals surface area contributed by atoms with Gasteiger partial charge in [0.1, 0.15) is 0 Å². The van der Waals surface area contributed by atoms with E-state index in [4.69, 9.17) is 0 Å². The summed E-state index contributed by atoms with van der Waals surface area (Å²) in [6.07, 6.45) is 3.75. The Hall–Kier alpha value is -2.16. The van der Waals surface area contributed by atoms with E-state index in [9.17, 15) is 0 Å². The summed E-state index contributed by atoms with van der Waals surface area (Å²) in [5.41, 5.74) is 5.91. The Labute approximate surface area is 183 Å². The Morgan fingerprint density at radius 1 is 1.07 bits per heavy atom. The maximum absolute atomic E-state index is 4.64. The zero-order valence-electron chi connectivity index (χ0n) is 17.0. The van der Waals surface area contributed by atoms with Gasteiger partial charge in [-0.2, -0.15) is 5.10 Å². The van der Waals surface area contributed by atoms with Gasteiger partial charge in [-0.25, -0.2) is 0 Å². The number of halogens is 1. The van der Waals surface area contributed by atoms with Crippen molar-refractivity contribution >= 4 is 40.8 Å². The predicted octanol–water partition coefficient (Wildman–Crippen LogP) is 3.58. The van der Waals surface area contributed by atoms with E-state index in [1.165, 1.54) is 16.8 Å². The third-order valence-corrected chi connectivity index (χ3v) is 4.87. The van der Waals surface area contributed by atoms with Crippen LogP contribution in [-0.2, 0) is 33.0 Å². The van der Waals surface area contributed by atoms with Crippen LogP contribution in [0.1, 0.15) is 36.4 Å². The second-order valence-electron chi connectivity index (χ2n) is 6.47. The fourth-order valence-corrected chi connectivity index (χ4v) is 3.47. The maximum Gasteiger partial charge on any atom is 0.191 e. The first kappa shape index (κ1) is 22.1. The van der Waals surface area contributed by atoms with Crippen molar-refractivity contribution in [3.05, 3.63) is 59.0 Å². The Morgan fingerprint density at radius 3 is 2.54 bits per heavy atom. The highest BCUT2D eigenvalue weighted by atomic mass is 127. The van der Waals surface area contributed by atoms with E-state index in [1.54, 1.807) is 7.05 Å². The number of guanidine groups is 1. The Balaban J connectivity index is 0.00000280. The molecular formula is C21H29IN6. The Morgan fingerprint density at radius 2 is 1.82 bits per heavy atom. The number of aliphatic imine (C=N–C) groups is 1. The molecule has 2 aromatic heterocycles. The number of rotatable bonds is 6. The monoisotopic (exact) mass is 492 g/mol. The van der Waals surface area contributed by atoms with Crippen LogP contribution in [0.2, 0.25) is 0 Å². The molecule has 0 fully saturated rings. The molecular weight excluding hydrogens is 463 g/mol. The smallest absolute Gasteiger partial charge is 0.191 e. The molecule has 0 saturated carbocycles. The van der Waals surface area contributed by atoms with Crippen LogP contribution in [0, 0.1) is 0 Å². The lowest BCUT2D eigenvalue weighted by molar-refractivity contribution is 0.702. The van der Waals surface area contributed by atoms with Crippen molar-refractivity contribution in [3.63, 3.8) is 0 Å². The lowest BCUT2D eigenvalue weighted by Crippen LogP contribution is -2.36. The molecule has 0 bridgehead atoms. The fraction of sp³-hybridized carbons (Fsp3) is 0.381. The van der Waals surface area contributed by atoms with E-state index in [0.29, 0.717) is 6.54 Å². The zero-order valence-corrected chi connectivity index (χ0v) is 19.3. The first-order valence-electron chi connectivity index (χ1n) is 9.48. The van der Waals surface area contributed by atoms with E-state index < -0.39 is 0 Å². The van der Waals surface area contributed by atoms with E-state index in [0.717, 1.165) is 41.9 Å². The average Bonchev–Trinajstić information content (AvgIpc) is 3.02. The Bertz CT molecular complexity index is 942. The molecule has 0 aliphatic heterocycles. The lowest BCUT2D eigenvalue weighted by atomic mass is 10.1. The molecule has 3 rings (SSSR count). The number of para-hydroxylation sites is 1. The van der Waals surface area contributed by atoms with Crippen LogP contribution in [0.25, 0.3) is 10.9 Å². The van der Waals surface area contributed by atoms with E-state index in [2.05, 4.69) is 45.6 Å². The van der Waals surface area contributed by atoms with Crippen molar-refractivity contribution in [2.75, 3.05) is 7.05 Å². The highest BCUT2D eigenvalue weighted by molar-refractivity contribution is 14.0. The first-order chi connectivity index (χ1) is 13.2. The number of pyridine rings is 1. The number of benzene rings is 1. The van der Waals surface area contributed by atoms with E-state index >= 15 is 0 Å². The maximum atomic E-state index is 4.64. The molecule has 150 valence electrons. The van der Waals surface area contributed by atoms with Crippen molar-refractivity contribution in [2.24, 2.45) is 12.0 Å². The third kappa shape index (κ3) is 4.81. The standard InChI is InChI=1S/C21H28N6.HI/c1-5-18-17(20(6-2)27(4)26-18)14-25-21(22-3)24-13-15-11-12-23-19-10-8-7-9-16(15)19;/h7-12H,5-6,13-14H2,1-4H3,(H2,22,24,25);1H. The highest BCUT2D eigenvalue weighted by Gasteiger charge is 2.14. The van der Waals surface area contributed by atoms with Gasteiger partial charge in [0, 0.05) is 50.0 Å². The van der Waals surface area contributed by atoms with Crippen molar-refractivity contribution in [1.29, 1.82) is 0 Å². The zero-order chi connectivity index (χ0) is 19.2. The molecule has 0 spiro atoms. The summed E-state index contributed by atoms with van der Waals surface area (Å²) in [4.78, 5) is 8.79. The quantitative estimate of drug-likeness (QED) is 0.314. The van der Waals surface area contributed by atoms with Crippen LogP contribution in [0.4, 0.5) is 0 Å². The number of aryl methyl sites for hydroxylation is 2. The summed E-state index contributed by atoms with van der Waals surface area (Å²) >= 11 is 0. The number of fused-ring (bicyclic) bond motifs is 1. The molecule has 0 aliphatic carbocycles. The van der Waals surface area contributed by atoms with Gasteiger partial charge >= 0.3 is 0 Å². The SMILES string of the molecule is CCc1nn(C)c(CC)c1CNC(=NC)NCc1ccnc2ccccc12.I. The van der Waals surface area contributed by atoms with Gasteiger partial charge in [-0.05, 0) is 30.5 Å². The minimum atomic E-state index is 0. The summed E-state index contributed by atoms with van der Waals surface area (Å²) in [5.74, 6) is 0.781. The molecule has 2 heterocycles. The number of aromatic nitrogens is 3. The molecule has 6 nitrogen and oxygen atoms in total. The van der Waals surface area contributed by atoms with Gasteiger partial charge in [0.05, 0.1) is 11.2 Å². The van der Waals surface area contributed by atoms with Gasteiger partial charge in [0.25, 0.3) is 0 Å². The number of nitrogens with zero attached hydrogens (tertiary/aromatic N) is 4. The number of hydrogen-bond donors (Lipinski definition) is 2. The summed E-state index contributed by atoms with van der Waals surface area (Å²) in [5, 5.41) is 12.7. The average molecular weight is 492 g/mol. The van der Waals surface area contributed by atoms with Gasteiger partial charge < -0.3 is 10.6 Å². The van der Waals surface area contributed by atoms with Crippen LogP contribution in [0.15, 0.2) is 41.5 Å². The number of nitrogens with one attached hydrogen (secondary N) is 2. The molecule has 0 saturated heterocycles. The molecule has 0 amide bonds. The molecule has 0 aliphatic rings. The van der Waals surface area contributed by atoms with Crippen LogP contribution >= 0.6 is 24.0 Å². The first-order valence-corrected chi connectivity index (χ1v) is 9.48.